The number of primary amides is 1. The molecule has 0 saturated carbocycles. The molecule has 2 unspecified atom stereocenters. The maximum absolute atomic E-state index is 10.9. The van der Waals surface area contributed by atoms with Crippen LogP contribution in [-0.4, -0.2) is 32.7 Å². The van der Waals surface area contributed by atoms with Crippen LogP contribution in [0.4, 0.5) is 0 Å². The molecule has 0 aliphatic carbocycles. The highest BCUT2D eigenvalue weighted by molar-refractivity contribution is 9.09. The van der Waals surface area contributed by atoms with E-state index >= 15 is 0 Å². The molecule has 0 radical (unpaired) electrons. The first kappa shape index (κ1) is 13.0. The van der Waals surface area contributed by atoms with Crippen LogP contribution in [0.5, 0.6) is 5.75 Å². The molecule has 5 N–H and O–H groups in total. The summed E-state index contributed by atoms with van der Waals surface area (Å²) in [4.78, 5) is 10.9. The van der Waals surface area contributed by atoms with E-state index in [1.165, 1.54) is 18.2 Å². The van der Waals surface area contributed by atoms with Gasteiger partial charge < -0.3 is 21.1 Å². The SMILES string of the molecule is NC(=O)c1cc(C(O)C(O)CBr)ccc1O. The van der Waals surface area contributed by atoms with Crippen LogP contribution in [-0.2, 0) is 0 Å². The number of aliphatic hydroxyl groups excluding tert-OH is 2. The van der Waals surface area contributed by atoms with Crippen LogP contribution in [0.15, 0.2) is 18.2 Å². The minimum atomic E-state index is -1.14. The Morgan fingerprint density at radius 2 is 2.06 bits per heavy atom. The van der Waals surface area contributed by atoms with Crippen molar-refractivity contribution in [3.8, 4) is 5.75 Å². The topological polar surface area (TPSA) is 104 Å². The third-order valence-electron chi connectivity index (χ3n) is 2.15. The number of carbonyl (C=O) groups is 1. The summed E-state index contributed by atoms with van der Waals surface area (Å²) in [6.07, 6.45) is -2.14. The molecular formula is C10H12BrNO4. The molecule has 2 atom stereocenters. The molecular weight excluding hydrogens is 278 g/mol. The van der Waals surface area contributed by atoms with E-state index in [1.54, 1.807) is 0 Å². The maximum atomic E-state index is 10.9. The lowest BCUT2D eigenvalue weighted by Crippen LogP contribution is -2.20. The van der Waals surface area contributed by atoms with E-state index in [4.69, 9.17) is 5.73 Å². The van der Waals surface area contributed by atoms with Crippen molar-refractivity contribution in [1.29, 1.82) is 0 Å². The van der Waals surface area contributed by atoms with E-state index in [0.29, 0.717) is 5.56 Å². The summed E-state index contributed by atoms with van der Waals surface area (Å²) in [5.41, 5.74) is 5.27. The van der Waals surface area contributed by atoms with Gasteiger partial charge in [-0.2, -0.15) is 0 Å². The fraction of sp³-hybridized carbons (Fsp3) is 0.300. The molecule has 0 saturated heterocycles. The van der Waals surface area contributed by atoms with Crippen molar-refractivity contribution in [2.45, 2.75) is 12.2 Å². The first-order chi connectivity index (χ1) is 7.47. The Hall–Kier alpha value is -1.11. The number of carbonyl (C=O) groups excluding carboxylic acids is 1. The summed E-state index contributed by atoms with van der Waals surface area (Å²) in [7, 11) is 0. The number of nitrogens with two attached hydrogens (primary N) is 1. The van der Waals surface area contributed by atoms with Crippen molar-refractivity contribution in [2.24, 2.45) is 5.73 Å². The average molecular weight is 290 g/mol. The van der Waals surface area contributed by atoms with Crippen molar-refractivity contribution in [3.63, 3.8) is 0 Å². The minimum Gasteiger partial charge on any atom is -0.507 e. The summed E-state index contributed by atoms with van der Waals surface area (Å²) in [5, 5.41) is 28.6. The Balaban J connectivity index is 3.07. The van der Waals surface area contributed by atoms with Crippen LogP contribution in [0, 0.1) is 0 Å². The van der Waals surface area contributed by atoms with Crippen LogP contribution in [0.1, 0.15) is 22.0 Å². The Bertz CT molecular complexity index is 396. The number of aliphatic hydroxyl groups is 2. The number of phenols is 1. The fourth-order valence-electron chi connectivity index (χ4n) is 1.24. The molecule has 0 spiro atoms. The predicted molar refractivity (Wildman–Crippen MR) is 61.4 cm³/mol. The lowest BCUT2D eigenvalue weighted by molar-refractivity contribution is 0.0342. The monoisotopic (exact) mass is 289 g/mol. The van der Waals surface area contributed by atoms with Crippen molar-refractivity contribution >= 4 is 21.8 Å². The zero-order valence-electron chi connectivity index (χ0n) is 8.30. The Morgan fingerprint density at radius 3 is 2.56 bits per heavy atom. The fourth-order valence-corrected chi connectivity index (χ4v) is 1.60. The largest absolute Gasteiger partial charge is 0.507 e. The molecule has 1 amide bonds. The number of hydrogen-bond donors (Lipinski definition) is 4. The molecule has 1 aromatic rings. The lowest BCUT2D eigenvalue weighted by atomic mass is 10.0. The molecule has 0 fully saturated rings. The van der Waals surface area contributed by atoms with Gasteiger partial charge in [0.25, 0.3) is 5.91 Å². The number of halogens is 1. The zero-order chi connectivity index (χ0) is 12.3. The number of rotatable bonds is 4. The second-order valence-corrected chi connectivity index (χ2v) is 3.95. The summed E-state index contributed by atoms with van der Waals surface area (Å²) < 4.78 is 0. The van der Waals surface area contributed by atoms with Gasteiger partial charge in [-0.15, -0.1) is 0 Å². The van der Waals surface area contributed by atoms with Crippen LogP contribution in [0.2, 0.25) is 0 Å². The zero-order valence-corrected chi connectivity index (χ0v) is 9.89. The van der Waals surface area contributed by atoms with E-state index < -0.39 is 18.1 Å². The predicted octanol–water partition coefficient (Wildman–Crippen LogP) is 0.280. The molecule has 1 rings (SSSR count). The number of benzene rings is 1. The number of alkyl halides is 1. The smallest absolute Gasteiger partial charge is 0.252 e. The van der Waals surface area contributed by atoms with Crippen molar-refractivity contribution in [2.75, 3.05) is 5.33 Å². The lowest BCUT2D eigenvalue weighted by Gasteiger charge is -2.16. The molecule has 0 bridgehead atoms. The molecule has 5 nitrogen and oxygen atoms in total. The molecule has 0 aliphatic rings. The van der Waals surface area contributed by atoms with E-state index in [1.807, 2.05) is 0 Å². The van der Waals surface area contributed by atoms with Gasteiger partial charge in [-0.25, -0.2) is 0 Å². The van der Waals surface area contributed by atoms with Crippen LogP contribution in [0.25, 0.3) is 0 Å². The van der Waals surface area contributed by atoms with E-state index in [-0.39, 0.29) is 16.6 Å². The summed E-state index contributed by atoms with van der Waals surface area (Å²) in [5.74, 6) is -1.04. The van der Waals surface area contributed by atoms with Crippen molar-refractivity contribution in [1.82, 2.24) is 0 Å². The van der Waals surface area contributed by atoms with Gasteiger partial charge in [-0.05, 0) is 17.7 Å². The van der Waals surface area contributed by atoms with Crippen LogP contribution >= 0.6 is 15.9 Å². The van der Waals surface area contributed by atoms with Crippen molar-refractivity contribution < 1.29 is 20.1 Å². The van der Waals surface area contributed by atoms with Gasteiger partial charge in [-0.1, -0.05) is 22.0 Å². The van der Waals surface area contributed by atoms with Gasteiger partial charge in [-0.3, -0.25) is 4.79 Å². The third-order valence-corrected chi connectivity index (χ3v) is 2.81. The highest BCUT2D eigenvalue weighted by Gasteiger charge is 2.19. The highest BCUT2D eigenvalue weighted by atomic mass is 79.9. The standard InChI is InChI=1S/C10H12BrNO4/c11-4-8(14)9(15)5-1-2-7(13)6(3-5)10(12)16/h1-3,8-9,13-15H,4H2,(H2,12,16). The molecule has 0 aliphatic heterocycles. The minimum absolute atomic E-state index is 0.0849. The molecule has 0 heterocycles. The number of aromatic hydroxyl groups is 1. The van der Waals surface area contributed by atoms with Crippen molar-refractivity contribution in [3.05, 3.63) is 29.3 Å². The van der Waals surface area contributed by atoms with Gasteiger partial charge in [0.2, 0.25) is 0 Å². The second-order valence-electron chi connectivity index (χ2n) is 3.31. The first-order valence-corrected chi connectivity index (χ1v) is 5.64. The molecule has 88 valence electrons. The van der Waals surface area contributed by atoms with Crippen LogP contribution < -0.4 is 5.73 Å². The van der Waals surface area contributed by atoms with Gasteiger partial charge in [0.1, 0.15) is 11.9 Å². The summed E-state index contributed by atoms with van der Waals surface area (Å²) in [6, 6.07) is 3.92. The molecule has 6 heteroatoms. The Labute approximate surface area is 101 Å². The van der Waals surface area contributed by atoms with E-state index in [0.717, 1.165) is 0 Å². The molecule has 0 aromatic heterocycles. The Morgan fingerprint density at radius 1 is 1.44 bits per heavy atom. The Kier molecular flexibility index (Phi) is 4.28. The molecule has 16 heavy (non-hydrogen) atoms. The molecule has 1 aromatic carbocycles. The normalized spacial score (nSPS) is 14.4. The maximum Gasteiger partial charge on any atom is 0.252 e. The third kappa shape index (κ3) is 2.72. The summed E-state index contributed by atoms with van der Waals surface area (Å²) >= 11 is 3.02. The first-order valence-electron chi connectivity index (χ1n) is 4.52. The van der Waals surface area contributed by atoms with E-state index in [2.05, 4.69) is 15.9 Å². The van der Waals surface area contributed by atoms with Gasteiger partial charge in [0.15, 0.2) is 0 Å². The number of amides is 1. The van der Waals surface area contributed by atoms with Gasteiger partial charge in [0, 0.05) is 5.33 Å². The van der Waals surface area contributed by atoms with Gasteiger partial charge >= 0.3 is 0 Å². The number of hydrogen-bond acceptors (Lipinski definition) is 4. The second kappa shape index (κ2) is 5.29. The highest BCUT2D eigenvalue weighted by Crippen LogP contribution is 2.24. The summed E-state index contributed by atoms with van der Waals surface area (Å²) in [6.45, 7) is 0. The van der Waals surface area contributed by atoms with Crippen LogP contribution in [0.3, 0.4) is 0 Å². The van der Waals surface area contributed by atoms with E-state index in [9.17, 15) is 20.1 Å². The average Bonchev–Trinajstić information content (AvgIpc) is 2.27. The van der Waals surface area contributed by atoms with Gasteiger partial charge in [0.05, 0.1) is 11.7 Å². The quantitative estimate of drug-likeness (QED) is 0.598.